The van der Waals surface area contributed by atoms with Crippen molar-refractivity contribution in [2.24, 2.45) is 5.41 Å². The van der Waals surface area contributed by atoms with Crippen LogP contribution < -0.4 is 11.3 Å². The van der Waals surface area contributed by atoms with Gasteiger partial charge in [0.05, 0.1) is 11.5 Å². The van der Waals surface area contributed by atoms with Crippen LogP contribution in [0.1, 0.15) is 13.8 Å². The first-order valence-corrected chi connectivity index (χ1v) is 4.32. The van der Waals surface area contributed by atoms with Crippen LogP contribution in [-0.4, -0.2) is 4.57 Å². The molecule has 1 rings (SSSR count). The second-order valence-corrected chi connectivity index (χ2v) is 3.92. The number of nitrogen functional groups attached to an aromatic ring is 1. The van der Waals surface area contributed by atoms with Crippen LogP contribution in [0.4, 0.5) is 5.69 Å². The Morgan fingerprint density at radius 1 is 1.57 bits per heavy atom. The van der Waals surface area contributed by atoms with Gasteiger partial charge in [0.2, 0.25) is 0 Å². The van der Waals surface area contributed by atoms with E-state index in [0.717, 1.165) is 0 Å². The van der Waals surface area contributed by atoms with E-state index in [2.05, 4.69) is 6.07 Å². The van der Waals surface area contributed by atoms with E-state index in [1.54, 1.807) is 26.1 Å². The summed E-state index contributed by atoms with van der Waals surface area (Å²) in [5, 5.41) is 8.82. The zero-order valence-electron chi connectivity index (χ0n) is 8.32. The molecular formula is C10H13N3O. The molecule has 0 aliphatic rings. The molecule has 4 nitrogen and oxygen atoms in total. The highest BCUT2D eigenvalue weighted by Crippen LogP contribution is 2.15. The van der Waals surface area contributed by atoms with Gasteiger partial charge in [-0.05, 0) is 19.9 Å². The molecule has 4 heteroatoms. The molecule has 0 aliphatic carbocycles. The van der Waals surface area contributed by atoms with E-state index in [4.69, 9.17) is 11.0 Å². The molecular weight excluding hydrogens is 178 g/mol. The van der Waals surface area contributed by atoms with Gasteiger partial charge in [0.25, 0.3) is 5.56 Å². The van der Waals surface area contributed by atoms with E-state index in [-0.39, 0.29) is 5.56 Å². The number of nitrogens with two attached hydrogens (primary N) is 1. The number of pyridine rings is 1. The van der Waals surface area contributed by atoms with E-state index in [1.807, 2.05) is 0 Å². The Kier molecular flexibility index (Phi) is 2.61. The summed E-state index contributed by atoms with van der Waals surface area (Å²) in [5.41, 5.74) is 5.38. The van der Waals surface area contributed by atoms with E-state index < -0.39 is 5.41 Å². The molecule has 0 unspecified atom stereocenters. The first kappa shape index (κ1) is 10.3. The molecule has 0 amide bonds. The normalized spacial score (nSPS) is 10.9. The molecule has 0 saturated carbocycles. The van der Waals surface area contributed by atoms with Crippen molar-refractivity contribution in [1.29, 1.82) is 5.26 Å². The van der Waals surface area contributed by atoms with E-state index in [0.29, 0.717) is 12.2 Å². The molecule has 2 N–H and O–H groups in total. The van der Waals surface area contributed by atoms with Crippen molar-refractivity contribution >= 4 is 5.69 Å². The molecule has 0 fully saturated rings. The number of anilines is 1. The van der Waals surface area contributed by atoms with Gasteiger partial charge in [-0.2, -0.15) is 5.26 Å². The van der Waals surface area contributed by atoms with Crippen LogP contribution in [0.2, 0.25) is 0 Å². The van der Waals surface area contributed by atoms with Crippen molar-refractivity contribution < 1.29 is 0 Å². The van der Waals surface area contributed by atoms with Crippen LogP contribution in [0.25, 0.3) is 0 Å². The van der Waals surface area contributed by atoms with Crippen LogP contribution in [-0.2, 0) is 6.54 Å². The second kappa shape index (κ2) is 3.54. The van der Waals surface area contributed by atoms with Crippen molar-refractivity contribution in [3.63, 3.8) is 0 Å². The van der Waals surface area contributed by atoms with Crippen LogP contribution >= 0.6 is 0 Å². The number of rotatable bonds is 2. The second-order valence-electron chi connectivity index (χ2n) is 3.92. The average Bonchev–Trinajstić information content (AvgIpc) is 2.11. The minimum absolute atomic E-state index is 0.137. The molecule has 0 radical (unpaired) electrons. The highest BCUT2D eigenvalue weighted by Gasteiger charge is 2.17. The van der Waals surface area contributed by atoms with Gasteiger partial charge in [-0.3, -0.25) is 4.79 Å². The minimum Gasteiger partial charge on any atom is -0.398 e. The Labute approximate surface area is 82.6 Å². The summed E-state index contributed by atoms with van der Waals surface area (Å²) in [6, 6.07) is 5.10. The first-order valence-electron chi connectivity index (χ1n) is 4.32. The zero-order valence-corrected chi connectivity index (χ0v) is 8.32. The Bertz CT molecular complexity index is 426. The first-order chi connectivity index (χ1) is 6.44. The predicted molar refractivity (Wildman–Crippen MR) is 54.5 cm³/mol. The molecule has 0 atom stereocenters. The molecule has 1 aromatic rings. The van der Waals surface area contributed by atoms with Gasteiger partial charge >= 0.3 is 0 Å². The highest BCUT2D eigenvalue weighted by molar-refractivity contribution is 5.33. The average molecular weight is 191 g/mol. The molecule has 74 valence electrons. The minimum atomic E-state index is -0.558. The van der Waals surface area contributed by atoms with Crippen molar-refractivity contribution in [1.82, 2.24) is 4.57 Å². The van der Waals surface area contributed by atoms with E-state index >= 15 is 0 Å². The number of aromatic nitrogens is 1. The molecule has 0 bridgehead atoms. The smallest absolute Gasteiger partial charge is 0.250 e. The SMILES string of the molecule is CC(C)(C#N)Cn1cc(N)ccc1=O. The Balaban J connectivity index is 3.04. The number of nitrogens with zero attached hydrogens (tertiary/aromatic N) is 2. The van der Waals surface area contributed by atoms with Gasteiger partial charge < -0.3 is 10.3 Å². The Morgan fingerprint density at radius 2 is 2.21 bits per heavy atom. The Hall–Kier alpha value is -1.76. The van der Waals surface area contributed by atoms with Crippen LogP contribution in [0.3, 0.4) is 0 Å². The monoisotopic (exact) mass is 191 g/mol. The standard InChI is InChI=1S/C10H13N3O/c1-10(2,6-11)7-13-5-8(12)3-4-9(13)14/h3-5H,7,12H2,1-2H3. The number of hydrogen-bond acceptors (Lipinski definition) is 3. The van der Waals surface area contributed by atoms with E-state index in [1.165, 1.54) is 10.6 Å². The van der Waals surface area contributed by atoms with Gasteiger partial charge in [-0.1, -0.05) is 0 Å². The van der Waals surface area contributed by atoms with Gasteiger partial charge in [-0.25, -0.2) is 0 Å². The molecule has 0 aliphatic heterocycles. The maximum atomic E-state index is 11.4. The fourth-order valence-corrected chi connectivity index (χ4v) is 1.13. The van der Waals surface area contributed by atoms with Crippen LogP contribution in [0, 0.1) is 16.7 Å². The van der Waals surface area contributed by atoms with Crippen molar-refractivity contribution in [2.45, 2.75) is 20.4 Å². The predicted octanol–water partition coefficient (Wildman–Crippen LogP) is 0.980. The van der Waals surface area contributed by atoms with Crippen molar-refractivity contribution in [2.75, 3.05) is 5.73 Å². The summed E-state index contributed by atoms with van der Waals surface area (Å²) in [7, 11) is 0. The maximum Gasteiger partial charge on any atom is 0.250 e. The van der Waals surface area contributed by atoms with Crippen molar-refractivity contribution in [3.8, 4) is 6.07 Å². The summed E-state index contributed by atoms with van der Waals surface area (Å²) in [6.45, 7) is 3.92. The fraction of sp³-hybridized carbons (Fsp3) is 0.400. The van der Waals surface area contributed by atoms with Gasteiger partial charge in [0.1, 0.15) is 0 Å². The lowest BCUT2D eigenvalue weighted by Gasteiger charge is -2.16. The summed E-state index contributed by atoms with van der Waals surface area (Å²) in [4.78, 5) is 11.4. The highest BCUT2D eigenvalue weighted by atomic mass is 16.1. The fourth-order valence-electron chi connectivity index (χ4n) is 1.13. The lowest BCUT2D eigenvalue weighted by atomic mass is 9.96. The molecule has 0 aromatic carbocycles. The number of hydrogen-bond donors (Lipinski definition) is 1. The van der Waals surface area contributed by atoms with Gasteiger partial charge in [-0.15, -0.1) is 0 Å². The molecule has 14 heavy (non-hydrogen) atoms. The summed E-state index contributed by atoms with van der Waals surface area (Å²) >= 11 is 0. The van der Waals surface area contributed by atoms with Crippen LogP contribution in [0.15, 0.2) is 23.1 Å². The summed E-state index contributed by atoms with van der Waals surface area (Å²) < 4.78 is 1.46. The van der Waals surface area contributed by atoms with Crippen molar-refractivity contribution in [3.05, 3.63) is 28.7 Å². The van der Waals surface area contributed by atoms with Gasteiger partial charge in [0.15, 0.2) is 0 Å². The maximum absolute atomic E-state index is 11.4. The molecule has 0 saturated heterocycles. The third kappa shape index (κ3) is 2.36. The molecule has 1 aromatic heterocycles. The molecule has 0 spiro atoms. The lowest BCUT2D eigenvalue weighted by molar-refractivity contribution is 0.402. The zero-order chi connectivity index (χ0) is 10.8. The molecule has 1 heterocycles. The third-order valence-corrected chi connectivity index (χ3v) is 1.87. The van der Waals surface area contributed by atoms with Gasteiger partial charge in [0, 0.05) is 24.5 Å². The Morgan fingerprint density at radius 3 is 2.79 bits per heavy atom. The van der Waals surface area contributed by atoms with Crippen LogP contribution in [0.5, 0.6) is 0 Å². The largest absolute Gasteiger partial charge is 0.398 e. The summed E-state index contributed by atoms with van der Waals surface area (Å²) in [6.07, 6.45) is 1.56. The lowest BCUT2D eigenvalue weighted by Crippen LogP contribution is -2.26. The third-order valence-electron chi connectivity index (χ3n) is 1.87. The number of nitriles is 1. The van der Waals surface area contributed by atoms with E-state index in [9.17, 15) is 4.79 Å². The quantitative estimate of drug-likeness (QED) is 0.757. The summed E-state index contributed by atoms with van der Waals surface area (Å²) in [5.74, 6) is 0. The topological polar surface area (TPSA) is 71.8 Å².